The van der Waals surface area contributed by atoms with Gasteiger partial charge in [0, 0.05) is 37.8 Å². The van der Waals surface area contributed by atoms with E-state index in [9.17, 15) is 13.2 Å². The highest BCUT2D eigenvalue weighted by Gasteiger charge is 2.29. The lowest BCUT2D eigenvalue weighted by Crippen LogP contribution is -2.38. The van der Waals surface area contributed by atoms with Crippen molar-refractivity contribution in [3.63, 3.8) is 0 Å². The highest BCUT2D eigenvalue weighted by molar-refractivity contribution is 7.89. The summed E-state index contributed by atoms with van der Waals surface area (Å²) in [4.78, 5) is 19.9. The van der Waals surface area contributed by atoms with E-state index in [1.807, 2.05) is 31.2 Å². The molecule has 8 nitrogen and oxygen atoms in total. The summed E-state index contributed by atoms with van der Waals surface area (Å²) in [6.07, 6.45) is 4.19. The van der Waals surface area contributed by atoms with Crippen LogP contribution in [0.25, 0.3) is 11.1 Å². The summed E-state index contributed by atoms with van der Waals surface area (Å²) in [5, 5.41) is 2.99. The van der Waals surface area contributed by atoms with Gasteiger partial charge in [0.05, 0.1) is 4.90 Å². The lowest BCUT2D eigenvalue weighted by Gasteiger charge is -2.30. The number of nitrogens with one attached hydrogen (secondary N) is 1. The van der Waals surface area contributed by atoms with Crippen molar-refractivity contribution in [2.75, 3.05) is 36.4 Å². The third-order valence-corrected chi connectivity index (χ3v) is 8.73. The number of hydrogen-bond acceptors (Lipinski definition) is 6. The van der Waals surface area contributed by atoms with Crippen LogP contribution in [0.1, 0.15) is 37.7 Å². The van der Waals surface area contributed by atoms with Gasteiger partial charge in [0.25, 0.3) is 6.01 Å². The molecule has 0 spiro atoms. The molecule has 2 aromatic carbocycles. The van der Waals surface area contributed by atoms with Crippen molar-refractivity contribution in [1.29, 1.82) is 0 Å². The SMILES string of the molecule is Cc1ccc(S(=O)(=O)N2CCCCC2)cc1NC(=O)C1CCN(c2nc3ccccc3o2)CC1. The minimum absolute atomic E-state index is 0.0761. The number of rotatable bonds is 5. The number of aromatic nitrogens is 1. The summed E-state index contributed by atoms with van der Waals surface area (Å²) in [6, 6.07) is 13.3. The number of hydrogen-bond donors (Lipinski definition) is 1. The van der Waals surface area contributed by atoms with E-state index in [-0.39, 0.29) is 16.7 Å². The van der Waals surface area contributed by atoms with Crippen LogP contribution in [0.4, 0.5) is 11.7 Å². The number of oxazole rings is 1. The second-order valence-corrected chi connectivity index (χ2v) is 11.1. The topological polar surface area (TPSA) is 95.8 Å². The Bertz CT molecular complexity index is 1260. The van der Waals surface area contributed by atoms with Crippen LogP contribution in [-0.4, -0.2) is 49.8 Å². The lowest BCUT2D eigenvalue weighted by atomic mass is 9.96. The average molecular weight is 483 g/mol. The molecule has 3 heterocycles. The zero-order valence-electron chi connectivity index (χ0n) is 19.4. The van der Waals surface area contributed by atoms with Gasteiger partial charge in [0.15, 0.2) is 5.58 Å². The Balaban J connectivity index is 1.24. The summed E-state index contributed by atoms with van der Waals surface area (Å²) in [5.74, 6) is -0.227. The van der Waals surface area contributed by atoms with Crippen LogP contribution in [0, 0.1) is 12.8 Å². The Labute approximate surface area is 200 Å². The van der Waals surface area contributed by atoms with Crippen LogP contribution in [-0.2, 0) is 14.8 Å². The summed E-state index contributed by atoms with van der Waals surface area (Å²) in [5.41, 5.74) is 2.98. The number of carbonyl (C=O) groups excluding carboxylic acids is 1. The molecule has 2 fully saturated rings. The highest BCUT2D eigenvalue weighted by Crippen LogP contribution is 2.29. The summed E-state index contributed by atoms with van der Waals surface area (Å²) >= 11 is 0. The van der Waals surface area contributed by atoms with Gasteiger partial charge < -0.3 is 14.6 Å². The van der Waals surface area contributed by atoms with Crippen molar-refractivity contribution in [2.45, 2.75) is 43.9 Å². The number of benzene rings is 2. The number of carbonyl (C=O) groups is 1. The van der Waals surface area contributed by atoms with Gasteiger partial charge in [-0.2, -0.15) is 9.29 Å². The second-order valence-electron chi connectivity index (χ2n) is 9.16. The third kappa shape index (κ3) is 4.54. The van der Waals surface area contributed by atoms with Gasteiger partial charge in [-0.3, -0.25) is 4.79 Å². The zero-order valence-corrected chi connectivity index (χ0v) is 20.2. The monoisotopic (exact) mass is 482 g/mol. The van der Waals surface area contributed by atoms with E-state index < -0.39 is 10.0 Å². The molecular formula is C25H30N4O4S. The van der Waals surface area contributed by atoms with Gasteiger partial charge >= 0.3 is 0 Å². The normalized spacial score (nSPS) is 18.3. The van der Waals surface area contributed by atoms with E-state index in [0.29, 0.717) is 50.7 Å². The van der Waals surface area contributed by atoms with E-state index in [4.69, 9.17) is 4.42 Å². The Morgan fingerprint density at radius 3 is 2.50 bits per heavy atom. The number of sulfonamides is 1. The fraction of sp³-hybridized carbons (Fsp3) is 0.440. The molecule has 0 bridgehead atoms. The predicted molar refractivity (Wildman–Crippen MR) is 131 cm³/mol. The number of aryl methyl sites for hydroxylation is 1. The molecule has 3 aromatic rings. The van der Waals surface area contributed by atoms with Gasteiger partial charge in [-0.15, -0.1) is 0 Å². The molecule has 2 aliphatic rings. The van der Waals surface area contributed by atoms with Gasteiger partial charge in [-0.25, -0.2) is 8.42 Å². The van der Waals surface area contributed by atoms with Crippen LogP contribution < -0.4 is 10.2 Å². The fourth-order valence-electron chi connectivity index (χ4n) is 4.71. The van der Waals surface area contributed by atoms with E-state index in [2.05, 4.69) is 15.2 Å². The minimum atomic E-state index is -3.55. The number of anilines is 2. The molecule has 1 N–H and O–H groups in total. The van der Waals surface area contributed by atoms with Crippen molar-refractivity contribution in [2.24, 2.45) is 5.92 Å². The number of amides is 1. The van der Waals surface area contributed by atoms with Crippen LogP contribution in [0.15, 0.2) is 51.8 Å². The van der Waals surface area contributed by atoms with Gasteiger partial charge in [0.2, 0.25) is 15.9 Å². The molecule has 180 valence electrons. The average Bonchev–Trinajstić information content (AvgIpc) is 3.30. The number of fused-ring (bicyclic) bond motifs is 1. The molecule has 34 heavy (non-hydrogen) atoms. The number of nitrogens with zero attached hydrogens (tertiary/aromatic N) is 3. The fourth-order valence-corrected chi connectivity index (χ4v) is 6.26. The lowest BCUT2D eigenvalue weighted by molar-refractivity contribution is -0.120. The maximum Gasteiger partial charge on any atom is 0.298 e. The number of para-hydroxylation sites is 2. The Kier molecular flexibility index (Phi) is 6.31. The molecule has 0 aliphatic carbocycles. The molecule has 5 rings (SSSR count). The van der Waals surface area contributed by atoms with E-state index in [1.54, 1.807) is 22.5 Å². The third-order valence-electron chi connectivity index (χ3n) is 6.84. The summed E-state index contributed by atoms with van der Waals surface area (Å²) < 4.78 is 33.5. The maximum atomic E-state index is 13.1. The molecule has 0 atom stereocenters. The van der Waals surface area contributed by atoms with Crippen LogP contribution in [0.2, 0.25) is 0 Å². The first-order chi connectivity index (χ1) is 16.4. The van der Waals surface area contributed by atoms with Crippen LogP contribution in [0.5, 0.6) is 0 Å². The predicted octanol–water partition coefficient (Wildman–Crippen LogP) is 4.17. The Morgan fingerprint density at radius 1 is 1.03 bits per heavy atom. The molecule has 1 amide bonds. The molecule has 0 unspecified atom stereocenters. The molecule has 9 heteroatoms. The van der Waals surface area contributed by atoms with Crippen molar-refractivity contribution in [3.8, 4) is 0 Å². The molecule has 0 radical (unpaired) electrons. The molecule has 0 saturated carbocycles. The molecular weight excluding hydrogens is 452 g/mol. The second kappa shape index (κ2) is 9.38. The first kappa shape index (κ1) is 22.9. The largest absolute Gasteiger partial charge is 0.423 e. The van der Waals surface area contributed by atoms with Gasteiger partial charge in [-0.1, -0.05) is 24.6 Å². The smallest absolute Gasteiger partial charge is 0.298 e. The minimum Gasteiger partial charge on any atom is -0.423 e. The first-order valence-electron chi connectivity index (χ1n) is 11.9. The van der Waals surface area contributed by atoms with Crippen molar-refractivity contribution in [3.05, 3.63) is 48.0 Å². The first-order valence-corrected chi connectivity index (χ1v) is 13.4. The Morgan fingerprint density at radius 2 is 1.76 bits per heavy atom. The number of piperidine rings is 2. The van der Waals surface area contributed by atoms with E-state index in [1.165, 1.54) is 0 Å². The van der Waals surface area contributed by atoms with Gasteiger partial charge in [0.1, 0.15) is 5.52 Å². The van der Waals surface area contributed by atoms with Crippen LogP contribution in [0.3, 0.4) is 0 Å². The molecule has 2 aliphatic heterocycles. The highest BCUT2D eigenvalue weighted by atomic mass is 32.2. The summed E-state index contributed by atoms with van der Waals surface area (Å²) in [7, 11) is -3.55. The standard InChI is InChI=1S/C25H30N4O4S/c1-18-9-10-20(34(31,32)29-13-5-2-6-14-29)17-22(18)26-24(30)19-11-15-28(16-12-19)25-27-21-7-3-4-8-23(21)33-25/h3-4,7-10,17,19H,2,5-6,11-16H2,1H3,(H,26,30). The zero-order chi connectivity index (χ0) is 23.7. The van der Waals surface area contributed by atoms with E-state index in [0.717, 1.165) is 35.9 Å². The molecule has 2 saturated heterocycles. The quantitative estimate of drug-likeness (QED) is 0.587. The van der Waals surface area contributed by atoms with Crippen LogP contribution >= 0.6 is 0 Å². The van der Waals surface area contributed by atoms with Crippen molar-refractivity contribution >= 4 is 38.7 Å². The van der Waals surface area contributed by atoms with E-state index >= 15 is 0 Å². The maximum absolute atomic E-state index is 13.1. The Hall–Kier alpha value is -2.91. The van der Waals surface area contributed by atoms with Gasteiger partial charge in [-0.05, 0) is 62.4 Å². The van der Waals surface area contributed by atoms with Crippen molar-refractivity contribution in [1.82, 2.24) is 9.29 Å². The molecule has 1 aromatic heterocycles. The van der Waals surface area contributed by atoms with Crippen molar-refractivity contribution < 1.29 is 17.6 Å². The summed E-state index contributed by atoms with van der Waals surface area (Å²) in [6.45, 7) is 4.33.